The van der Waals surface area contributed by atoms with Crippen LogP contribution in [0.5, 0.6) is 5.75 Å². The van der Waals surface area contributed by atoms with Gasteiger partial charge in [-0.3, -0.25) is 4.18 Å². The zero-order chi connectivity index (χ0) is 16.7. The lowest BCUT2D eigenvalue weighted by Gasteiger charge is -2.23. The van der Waals surface area contributed by atoms with Crippen LogP contribution in [-0.2, 0) is 22.0 Å². The third kappa shape index (κ3) is 7.05. The maximum Gasteiger partial charge on any atom is 0.360 e. The monoisotopic (exact) mass is 338 g/mol. The standard InChI is InChI=1S/C19H30O3S/c1-15(2)13-18-9-11-19(12-10-18)22-23(20)21-16(3)14-17-7-5-4-6-8-17/h9-12,15-17H,4-8,13-14H2,1-3H3. The van der Waals surface area contributed by atoms with Gasteiger partial charge in [0.2, 0.25) is 0 Å². The van der Waals surface area contributed by atoms with Crippen LogP contribution in [0, 0.1) is 11.8 Å². The zero-order valence-corrected chi connectivity index (χ0v) is 15.4. The van der Waals surface area contributed by atoms with Crippen LogP contribution >= 0.6 is 0 Å². The summed E-state index contributed by atoms with van der Waals surface area (Å²) in [5.74, 6) is 1.94. The second kappa shape index (κ2) is 9.43. The predicted octanol–water partition coefficient (Wildman–Crippen LogP) is 5.22. The van der Waals surface area contributed by atoms with Crippen molar-refractivity contribution in [3.05, 3.63) is 29.8 Å². The van der Waals surface area contributed by atoms with Crippen LogP contribution in [0.2, 0.25) is 0 Å². The summed E-state index contributed by atoms with van der Waals surface area (Å²) in [5.41, 5.74) is 1.27. The molecule has 0 bridgehead atoms. The Morgan fingerprint density at radius 2 is 1.74 bits per heavy atom. The summed E-state index contributed by atoms with van der Waals surface area (Å²) in [6.07, 6.45) is 8.53. The maximum absolute atomic E-state index is 12.0. The number of hydrogen-bond acceptors (Lipinski definition) is 3. The molecule has 1 aliphatic rings. The van der Waals surface area contributed by atoms with E-state index in [2.05, 4.69) is 13.8 Å². The Bertz CT molecular complexity index is 478. The van der Waals surface area contributed by atoms with Crippen molar-refractivity contribution in [3.8, 4) is 5.75 Å². The van der Waals surface area contributed by atoms with E-state index in [1.54, 1.807) is 0 Å². The highest BCUT2D eigenvalue weighted by Crippen LogP contribution is 2.28. The summed E-state index contributed by atoms with van der Waals surface area (Å²) < 4.78 is 22.9. The van der Waals surface area contributed by atoms with Crippen LogP contribution in [0.25, 0.3) is 0 Å². The first kappa shape index (κ1) is 18.5. The Balaban J connectivity index is 1.74. The van der Waals surface area contributed by atoms with Gasteiger partial charge in [0.05, 0.1) is 6.10 Å². The number of rotatable bonds is 8. The Hall–Kier alpha value is -0.870. The first-order chi connectivity index (χ1) is 11.0. The Labute approximate surface area is 143 Å². The molecule has 1 saturated carbocycles. The molecule has 130 valence electrons. The fourth-order valence-electron chi connectivity index (χ4n) is 3.32. The van der Waals surface area contributed by atoms with Gasteiger partial charge in [0, 0.05) is 0 Å². The fourth-order valence-corrected chi connectivity index (χ4v) is 3.97. The van der Waals surface area contributed by atoms with Crippen molar-refractivity contribution in [3.63, 3.8) is 0 Å². The molecule has 0 N–H and O–H groups in total. The van der Waals surface area contributed by atoms with E-state index in [1.807, 2.05) is 31.2 Å². The summed E-state index contributed by atoms with van der Waals surface area (Å²) in [4.78, 5) is 0. The van der Waals surface area contributed by atoms with E-state index in [0.29, 0.717) is 17.6 Å². The van der Waals surface area contributed by atoms with Crippen molar-refractivity contribution >= 4 is 11.4 Å². The highest BCUT2D eigenvalue weighted by atomic mass is 32.2. The maximum atomic E-state index is 12.0. The van der Waals surface area contributed by atoms with E-state index in [0.717, 1.165) is 12.8 Å². The number of hydrogen-bond donors (Lipinski definition) is 0. The molecule has 1 aromatic carbocycles. The summed E-state index contributed by atoms with van der Waals surface area (Å²) in [5, 5.41) is 0. The van der Waals surface area contributed by atoms with E-state index in [-0.39, 0.29) is 6.10 Å². The Kier molecular flexibility index (Phi) is 7.57. The van der Waals surface area contributed by atoms with Crippen LogP contribution in [0.1, 0.15) is 64.9 Å². The normalized spacial score (nSPS) is 18.8. The molecule has 1 aliphatic carbocycles. The van der Waals surface area contributed by atoms with Gasteiger partial charge < -0.3 is 4.18 Å². The second-order valence-electron chi connectivity index (χ2n) is 7.18. The minimum atomic E-state index is -1.72. The van der Waals surface area contributed by atoms with Crippen molar-refractivity contribution in [2.45, 2.75) is 71.8 Å². The van der Waals surface area contributed by atoms with E-state index >= 15 is 0 Å². The van der Waals surface area contributed by atoms with Crippen LogP contribution in [-0.4, -0.2) is 10.3 Å². The van der Waals surface area contributed by atoms with E-state index in [4.69, 9.17) is 8.37 Å². The van der Waals surface area contributed by atoms with Gasteiger partial charge in [0.15, 0.2) is 0 Å². The van der Waals surface area contributed by atoms with Crippen LogP contribution in [0.3, 0.4) is 0 Å². The lowest BCUT2D eigenvalue weighted by atomic mass is 9.86. The molecular formula is C19H30O3S. The van der Waals surface area contributed by atoms with Gasteiger partial charge in [-0.25, -0.2) is 0 Å². The van der Waals surface area contributed by atoms with Crippen molar-refractivity contribution in [1.29, 1.82) is 0 Å². The van der Waals surface area contributed by atoms with Crippen LogP contribution in [0.4, 0.5) is 0 Å². The lowest BCUT2D eigenvalue weighted by molar-refractivity contribution is 0.173. The first-order valence-electron chi connectivity index (χ1n) is 8.89. The Morgan fingerprint density at radius 1 is 1.09 bits per heavy atom. The Morgan fingerprint density at radius 3 is 2.35 bits per heavy atom. The average molecular weight is 339 g/mol. The summed E-state index contributed by atoms with van der Waals surface area (Å²) in [6.45, 7) is 6.38. The quantitative estimate of drug-likeness (QED) is 0.652. The molecule has 23 heavy (non-hydrogen) atoms. The van der Waals surface area contributed by atoms with Crippen molar-refractivity contribution < 1.29 is 12.6 Å². The van der Waals surface area contributed by atoms with Gasteiger partial charge >= 0.3 is 11.4 Å². The highest BCUT2D eigenvalue weighted by Gasteiger charge is 2.19. The molecule has 0 aromatic heterocycles. The van der Waals surface area contributed by atoms with Gasteiger partial charge in [-0.15, -0.1) is 0 Å². The minimum Gasteiger partial charge on any atom is -0.380 e. The van der Waals surface area contributed by atoms with Gasteiger partial charge in [-0.05, 0) is 49.3 Å². The SMILES string of the molecule is CC(C)Cc1ccc(OS(=O)OC(C)CC2CCCCC2)cc1. The third-order valence-corrected chi connectivity index (χ3v) is 5.18. The van der Waals surface area contributed by atoms with Gasteiger partial charge in [0.1, 0.15) is 5.75 Å². The van der Waals surface area contributed by atoms with Crippen molar-refractivity contribution in [1.82, 2.24) is 0 Å². The molecule has 1 fully saturated rings. The minimum absolute atomic E-state index is 0.0286. The molecule has 2 unspecified atom stereocenters. The summed E-state index contributed by atoms with van der Waals surface area (Å²) >= 11 is -1.72. The summed E-state index contributed by atoms with van der Waals surface area (Å²) in [7, 11) is 0. The second-order valence-corrected chi connectivity index (χ2v) is 7.94. The first-order valence-corrected chi connectivity index (χ1v) is 9.89. The van der Waals surface area contributed by atoms with Crippen molar-refractivity contribution in [2.24, 2.45) is 11.8 Å². The summed E-state index contributed by atoms with van der Waals surface area (Å²) in [6, 6.07) is 7.78. The molecule has 0 heterocycles. The molecule has 2 atom stereocenters. The molecule has 1 aromatic rings. The molecule has 2 rings (SSSR count). The van der Waals surface area contributed by atoms with E-state index in [9.17, 15) is 4.21 Å². The van der Waals surface area contributed by atoms with E-state index in [1.165, 1.54) is 37.7 Å². The van der Waals surface area contributed by atoms with Crippen LogP contribution < -0.4 is 4.18 Å². The molecule has 0 saturated heterocycles. The predicted molar refractivity (Wildman–Crippen MR) is 95.5 cm³/mol. The van der Waals surface area contributed by atoms with Gasteiger partial charge in [0.25, 0.3) is 0 Å². The molecule has 4 heteroatoms. The molecule has 3 nitrogen and oxygen atoms in total. The smallest absolute Gasteiger partial charge is 0.360 e. The highest BCUT2D eigenvalue weighted by molar-refractivity contribution is 7.75. The molecular weight excluding hydrogens is 308 g/mol. The van der Waals surface area contributed by atoms with Gasteiger partial charge in [-0.1, -0.05) is 58.1 Å². The van der Waals surface area contributed by atoms with Crippen molar-refractivity contribution in [2.75, 3.05) is 0 Å². The van der Waals surface area contributed by atoms with E-state index < -0.39 is 11.4 Å². The van der Waals surface area contributed by atoms with Gasteiger partial charge in [-0.2, -0.15) is 4.21 Å². The average Bonchev–Trinajstić information content (AvgIpc) is 2.49. The largest absolute Gasteiger partial charge is 0.380 e. The molecule has 0 aliphatic heterocycles. The topological polar surface area (TPSA) is 35.5 Å². The lowest BCUT2D eigenvalue weighted by Crippen LogP contribution is -2.19. The van der Waals surface area contributed by atoms with Crippen LogP contribution in [0.15, 0.2) is 24.3 Å². The molecule has 0 spiro atoms. The third-order valence-electron chi connectivity index (χ3n) is 4.36. The fraction of sp³-hybridized carbons (Fsp3) is 0.684. The number of benzene rings is 1. The zero-order valence-electron chi connectivity index (χ0n) is 14.6. The molecule has 0 amide bonds. The molecule has 0 radical (unpaired) electrons.